The molecule has 166 valence electrons. The quantitative estimate of drug-likeness (QED) is 0.653. The zero-order chi connectivity index (χ0) is 22.2. The Labute approximate surface area is 188 Å². The van der Waals surface area contributed by atoms with Crippen LogP contribution in [0.25, 0.3) is 0 Å². The van der Waals surface area contributed by atoms with E-state index in [0.29, 0.717) is 61.5 Å². The van der Waals surface area contributed by atoms with Gasteiger partial charge in [-0.2, -0.15) is 0 Å². The molecule has 1 fully saturated rings. The maximum atomic E-state index is 12.8. The van der Waals surface area contributed by atoms with Gasteiger partial charge < -0.3 is 15.4 Å². The van der Waals surface area contributed by atoms with Gasteiger partial charge in [0.1, 0.15) is 5.75 Å². The largest absolute Gasteiger partial charge is 0.492 e. The number of amides is 2. The smallest absolute Gasteiger partial charge is 0.241 e. The predicted octanol–water partition coefficient (Wildman–Crippen LogP) is 3.32. The van der Waals surface area contributed by atoms with Crippen LogP contribution in [0.5, 0.6) is 5.75 Å². The first kappa shape index (κ1) is 23.1. The summed E-state index contributed by atoms with van der Waals surface area (Å²) >= 11 is 6.10. The number of carbonyl (C=O) groups excluding carboxylic acids is 2. The summed E-state index contributed by atoms with van der Waals surface area (Å²) in [4.78, 5) is 29.3. The van der Waals surface area contributed by atoms with E-state index in [1.54, 1.807) is 12.1 Å². The SMILES string of the molecule is CCOc1ccccc1NC(=O)C(C)N1CCN(CC(=O)Nc2ccccc2Cl)CC1. The average molecular weight is 445 g/mol. The molecular formula is C23H29ClN4O3. The van der Waals surface area contributed by atoms with E-state index in [1.165, 1.54) is 0 Å². The molecule has 8 heteroatoms. The normalized spacial score (nSPS) is 15.8. The van der Waals surface area contributed by atoms with Gasteiger partial charge >= 0.3 is 0 Å². The number of rotatable bonds is 8. The lowest BCUT2D eigenvalue weighted by molar-refractivity contribution is -0.122. The van der Waals surface area contributed by atoms with Crippen LogP contribution < -0.4 is 15.4 Å². The van der Waals surface area contributed by atoms with Crippen molar-refractivity contribution in [3.8, 4) is 5.75 Å². The Bertz CT molecular complexity index is 900. The van der Waals surface area contributed by atoms with Crippen molar-refractivity contribution in [3.05, 3.63) is 53.6 Å². The molecule has 2 aromatic rings. The van der Waals surface area contributed by atoms with E-state index in [2.05, 4.69) is 20.4 Å². The minimum atomic E-state index is -0.284. The second-order valence-corrected chi connectivity index (χ2v) is 7.84. The average Bonchev–Trinajstić information content (AvgIpc) is 2.77. The molecule has 1 aliphatic heterocycles. The van der Waals surface area contributed by atoms with E-state index in [9.17, 15) is 9.59 Å². The molecule has 7 nitrogen and oxygen atoms in total. The number of halogens is 1. The lowest BCUT2D eigenvalue weighted by Crippen LogP contribution is -2.53. The van der Waals surface area contributed by atoms with Gasteiger partial charge in [-0.05, 0) is 38.1 Å². The van der Waals surface area contributed by atoms with Crippen LogP contribution in [0.15, 0.2) is 48.5 Å². The van der Waals surface area contributed by atoms with Crippen LogP contribution in [0.2, 0.25) is 5.02 Å². The number of piperazine rings is 1. The fourth-order valence-electron chi connectivity index (χ4n) is 3.52. The molecule has 0 radical (unpaired) electrons. The van der Waals surface area contributed by atoms with Gasteiger partial charge in [0.25, 0.3) is 0 Å². The summed E-state index contributed by atoms with van der Waals surface area (Å²) in [6, 6.07) is 14.3. The van der Waals surface area contributed by atoms with Crippen LogP contribution in [-0.2, 0) is 9.59 Å². The summed E-state index contributed by atoms with van der Waals surface area (Å²) in [5, 5.41) is 6.34. The Hall–Kier alpha value is -2.61. The summed E-state index contributed by atoms with van der Waals surface area (Å²) in [5.74, 6) is 0.497. The Kier molecular flexibility index (Phi) is 8.28. The fourth-order valence-corrected chi connectivity index (χ4v) is 3.70. The first-order chi connectivity index (χ1) is 15.0. The third-order valence-electron chi connectivity index (χ3n) is 5.29. The molecule has 1 unspecified atom stereocenters. The highest BCUT2D eigenvalue weighted by atomic mass is 35.5. The van der Waals surface area contributed by atoms with Crippen molar-refractivity contribution in [2.24, 2.45) is 0 Å². The molecule has 2 N–H and O–H groups in total. The maximum Gasteiger partial charge on any atom is 0.241 e. The zero-order valence-corrected chi connectivity index (χ0v) is 18.7. The highest BCUT2D eigenvalue weighted by Crippen LogP contribution is 2.24. The molecule has 0 spiro atoms. The van der Waals surface area contributed by atoms with Gasteiger partial charge in [-0.1, -0.05) is 35.9 Å². The van der Waals surface area contributed by atoms with Gasteiger partial charge in [-0.15, -0.1) is 0 Å². The van der Waals surface area contributed by atoms with Crippen LogP contribution in [0, 0.1) is 0 Å². The minimum absolute atomic E-state index is 0.0722. The van der Waals surface area contributed by atoms with Crippen LogP contribution in [-0.4, -0.2) is 67.0 Å². The summed E-state index contributed by atoms with van der Waals surface area (Å²) in [5.41, 5.74) is 1.29. The number of hydrogen-bond acceptors (Lipinski definition) is 5. The lowest BCUT2D eigenvalue weighted by Gasteiger charge is -2.37. The molecule has 3 rings (SSSR count). The molecule has 2 aromatic carbocycles. The first-order valence-electron chi connectivity index (χ1n) is 10.5. The third-order valence-corrected chi connectivity index (χ3v) is 5.62. The molecular weight excluding hydrogens is 416 g/mol. The second-order valence-electron chi connectivity index (χ2n) is 7.43. The summed E-state index contributed by atoms with van der Waals surface area (Å²) < 4.78 is 5.58. The molecule has 0 saturated carbocycles. The first-order valence-corrected chi connectivity index (χ1v) is 10.9. The molecule has 0 bridgehead atoms. The Morgan fingerprint density at radius 1 is 1.00 bits per heavy atom. The monoisotopic (exact) mass is 444 g/mol. The Morgan fingerprint density at radius 3 is 2.32 bits per heavy atom. The Morgan fingerprint density at radius 2 is 1.65 bits per heavy atom. The second kappa shape index (κ2) is 11.1. The molecule has 2 amide bonds. The molecule has 1 saturated heterocycles. The van der Waals surface area contributed by atoms with E-state index in [-0.39, 0.29) is 17.9 Å². The van der Waals surface area contributed by atoms with E-state index in [1.807, 2.05) is 50.2 Å². The minimum Gasteiger partial charge on any atom is -0.492 e. The highest BCUT2D eigenvalue weighted by molar-refractivity contribution is 6.33. The van der Waals surface area contributed by atoms with Crippen LogP contribution >= 0.6 is 11.6 Å². The van der Waals surface area contributed by atoms with Gasteiger partial charge in [0.05, 0.1) is 35.6 Å². The van der Waals surface area contributed by atoms with E-state index in [0.717, 1.165) is 0 Å². The molecule has 0 aromatic heterocycles. The van der Waals surface area contributed by atoms with Gasteiger partial charge in [-0.25, -0.2) is 0 Å². The van der Waals surface area contributed by atoms with Crippen molar-refractivity contribution in [2.75, 3.05) is 50.0 Å². The van der Waals surface area contributed by atoms with Gasteiger partial charge in [0, 0.05) is 26.2 Å². The van der Waals surface area contributed by atoms with Crippen molar-refractivity contribution < 1.29 is 14.3 Å². The maximum absolute atomic E-state index is 12.8. The standard InChI is InChI=1S/C23H29ClN4O3/c1-3-31-21-11-7-6-10-20(21)26-23(30)17(2)28-14-12-27(13-15-28)16-22(29)25-19-9-5-4-8-18(19)24/h4-11,17H,3,12-16H2,1-2H3,(H,25,29)(H,26,30). The van der Waals surface area contributed by atoms with Gasteiger partial charge in [-0.3, -0.25) is 19.4 Å². The van der Waals surface area contributed by atoms with Crippen molar-refractivity contribution in [2.45, 2.75) is 19.9 Å². The van der Waals surface area contributed by atoms with Crippen molar-refractivity contribution in [1.82, 2.24) is 9.80 Å². The number of carbonyl (C=O) groups is 2. The predicted molar refractivity (Wildman–Crippen MR) is 124 cm³/mol. The van der Waals surface area contributed by atoms with Gasteiger partial charge in [0.15, 0.2) is 0 Å². The zero-order valence-electron chi connectivity index (χ0n) is 17.9. The fraction of sp³-hybridized carbons (Fsp3) is 0.391. The molecule has 1 atom stereocenters. The van der Waals surface area contributed by atoms with Crippen molar-refractivity contribution in [1.29, 1.82) is 0 Å². The number of hydrogen-bond donors (Lipinski definition) is 2. The van der Waals surface area contributed by atoms with Crippen LogP contribution in [0.4, 0.5) is 11.4 Å². The number of para-hydroxylation sites is 3. The summed E-state index contributed by atoms with van der Waals surface area (Å²) in [7, 11) is 0. The molecule has 1 heterocycles. The number of nitrogens with zero attached hydrogens (tertiary/aromatic N) is 2. The topological polar surface area (TPSA) is 73.9 Å². The molecule has 31 heavy (non-hydrogen) atoms. The van der Waals surface area contributed by atoms with Gasteiger partial charge in [0.2, 0.25) is 11.8 Å². The summed E-state index contributed by atoms with van der Waals surface area (Å²) in [6.45, 7) is 7.48. The number of anilines is 2. The highest BCUT2D eigenvalue weighted by Gasteiger charge is 2.27. The van der Waals surface area contributed by atoms with E-state index < -0.39 is 0 Å². The molecule has 0 aliphatic carbocycles. The number of ether oxygens (including phenoxy) is 1. The summed E-state index contributed by atoms with van der Waals surface area (Å²) in [6.07, 6.45) is 0. The number of benzene rings is 2. The van der Waals surface area contributed by atoms with Crippen LogP contribution in [0.1, 0.15) is 13.8 Å². The third kappa shape index (κ3) is 6.43. The van der Waals surface area contributed by atoms with Crippen molar-refractivity contribution >= 4 is 34.8 Å². The van der Waals surface area contributed by atoms with E-state index >= 15 is 0 Å². The van der Waals surface area contributed by atoms with Crippen molar-refractivity contribution in [3.63, 3.8) is 0 Å². The van der Waals surface area contributed by atoms with E-state index in [4.69, 9.17) is 16.3 Å². The lowest BCUT2D eigenvalue weighted by atomic mass is 10.2. The van der Waals surface area contributed by atoms with Crippen LogP contribution in [0.3, 0.4) is 0 Å². The molecule has 1 aliphatic rings. The Balaban J connectivity index is 1.47. The number of nitrogens with one attached hydrogen (secondary N) is 2.